The summed E-state index contributed by atoms with van der Waals surface area (Å²) in [5.74, 6) is 0.353. The van der Waals surface area contributed by atoms with Gasteiger partial charge in [0, 0.05) is 13.2 Å². The molecule has 0 radical (unpaired) electrons. The van der Waals surface area contributed by atoms with E-state index in [9.17, 15) is 5.11 Å². The number of ether oxygens (including phenoxy) is 2. The molecule has 0 aromatic heterocycles. The third-order valence-electron chi connectivity index (χ3n) is 2.50. The van der Waals surface area contributed by atoms with E-state index >= 15 is 0 Å². The van der Waals surface area contributed by atoms with Crippen LogP contribution in [-0.2, 0) is 9.47 Å². The topological polar surface area (TPSA) is 38.7 Å². The van der Waals surface area contributed by atoms with Gasteiger partial charge in [-0.05, 0) is 39.5 Å². The molecule has 0 aromatic rings. The van der Waals surface area contributed by atoms with Crippen LogP contribution in [0.2, 0.25) is 0 Å². The van der Waals surface area contributed by atoms with Gasteiger partial charge in [0.05, 0.1) is 18.3 Å². The van der Waals surface area contributed by atoms with Crippen LogP contribution in [0.3, 0.4) is 0 Å². The van der Waals surface area contributed by atoms with E-state index in [2.05, 4.69) is 0 Å². The van der Waals surface area contributed by atoms with Crippen molar-refractivity contribution in [3.8, 4) is 0 Å². The van der Waals surface area contributed by atoms with Crippen molar-refractivity contribution in [3.63, 3.8) is 0 Å². The van der Waals surface area contributed by atoms with Gasteiger partial charge in [-0.3, -0.25) is 0 Å². The molecule has 1 aliphatic rings. The van der Waals surface area contributed by atoms with Crippen LogP contribution >= 0.6 is 0 Å². The van der Waals surface area contributed by atoms with E-state index in [1.54, 1.807) is 0 Å². The van der Waals surface area contributed by atoms with E-state index in [1.807, 2.05) is 20.8 Å². The van der Waals surface area contributed by atoms with Crippen molar-refractivity contribution < 1.29 is 14.6 Å². The van der Waals surface area contributed by atoms with E-state index < -0.39 is 0 Å². The minimum absolute atomic E-state index is 0.161. The van der Waals surface area contributed by atoms with E-state index in [1.165, 1.54) is 0 Å². The monoisotopic (exact) mass is 202 g/mol. The summed E-state index contributed by atoms with van der Waals surface area (Å²) in [6, 6.07) is 0. The van der Waals surface area contributed by atoms with Gasteiger partial charge in [0.1, 0.15) is 0 Å². The zero-order chi connectivity index (χ0) is 10.6. The van der Waals surface area contributed by atoms with Crippen molar-refractivity contribution in [2.75, 3.05) is 19.8 Å². The van der Waals surface area contributed by atoms with Crippen molar-refractivity contribution in [2.45, 2.75) is 45.3 Å². The largest absolute Gasteiger partial charge is 0.390 e. The molecular weight excluding hydrogens is 180 g/mol. The van der Waals surface area contributed by atoms with Crippen LogP contribution in [0.5, 0.6) is 0 Å². The van der Waals surface area contributed by atoms with Gasteiger partial charge in [0.25, 0.3) is 0 Å². The Morgan fingerprint density at radius 2 is 1.93 bits per heavy atom. The average Bonchev–Trinajstić information content (AvgIpc) is 2.14. The molecule has 3 nitrogen and oxygen atoms in total. The number of hydrogen-bond donors (Lipinski definition) is 1. The number of aliphatic hydroxyl groups is 1. The Bertz CT molecular complexity index is 156. The summed E-state index contributed by atoms with van der Waals surface area (Å²) < 4.78 is 10.8. The maximum atomic E-state index is 9.86. The molecule has 1 N–H and O–H groups in total. The highest BCUT2D eigenvalue weighted by Gasteiger charge is 2.23. The average molecular weight is 202 g/mol. The Morgan fingerprint density at radius 3 is 2.43 bits per heavy atom. The summed E-state index contributed by atoms with van der Waals surface area (Å²) in [5.41, 5.74) is -0.161. The van der Waals surface area contributed by atoms with Gasteiger partial charge >= 0.3 is 0 Å². The maximum Gasteiger partial charge on any atom is 0.0803 e. The van der Waals surface area contributed by atoms with Crippen molar-refractivity contribution in [1.82, 2.24) is 0 Å². The van der Waals surface area contributed by atoms with E-state index in [0.717, 1.165) is 26.1 Å². The predicted octanol–water partition coefficient (Wildman–Crippen LogP) is 1.59. The summed E-state index contributed by atoms with van der Waals surface area (Å²) in [7, 11) is 0. The van der Waals surface area contributed by atoms with Crippen molar-refractivity contribution >= 4 is 0 Å². The van der Waals surface area contributed by atoms with Gasteiger partial charge in [-0.2, -0.15) is 0 Å². The van der Waals surface area contributed by atoms with Crippen LogP contribution in [0.25, 0.3) is 0 Å². The number of rotatable bonds is 3. The second-order valence-corrected chi connectivity index (χ2v) is 4.94. The van der Waals surface area contributed by atoms with Gasteiger partial charge in [0.15, 0.2) is 0 Å². The predicted molar refractivity (Wildman–Crippen MR) is 55.3 cm³/mol. The lowest BCUT2D eigenvalue weighted by Crippen LogP contribution is -2.34. The van der Waals surface area contributed by atoms with Crippen molar-refractivity contribution in [3.05, 3.63) is 0 Å². The summed E-state index contributed by atoms with van der Waals surface area (Å²) in [4.78, 5) is 0. The first-order chi connectivity index (χ1) is 6.49. The Labute approximate surface area is 86.4 Å². The molecule has 14 heavy (non-hydrogen) atoms. The van der Waals surface area contributed by atoms with Crippen molar-refractivity contribution in [2.24, 2.45) is 5.92 Å². The molecule has 1 unspecified atom stereocenters. The molecule has 3 heteroatoms. The van der Waals surface area contributed by atoms with Crippen LogP contribution in [-0.4, -0.2) is 36.6 Å². The zero-order valence-corrected chi connectivity index (χ0v) is 9.45. The SMILES string of the molecule is CC(C)(C)OCC(O)C1CCOCC1. The van der Waals surface area contributed by atoms with E-state index in [0.29, 0.717) is 12.5 Å². The lowest BCUT2D eigenvalue weighted by molar-refractivity contribution is -0.0798. The van der Waals surface area contributed by atoms with Crippen LogP contribution in [0, 0.1) is 5.92 Å². The summed E-state index contributed by atoms with van der Waals surface area (Å²) >= 11 is 0. The van der Waals surface area contributed by atoms with E-state index in [4.69, 9.17) is 9.47 Å². The molecule has 1 saturated heterocycles. The standard InChI is InChI=1S/C11H22O3/c1-11(2,3)14-8-10(12)9-4-6-13-7-5-9/h9-10,12H,4-8H2,1-3H3. The number of aliphatic hydroxyl groups excluding tert-OH is 1. The minimum atomic E-state index is -0.335. The molecule has 84 valence electrons. The van der Waals surface area contributed by atoms with E-state index in [-0.39, 0.29) is 11.7 Å². The first-order valence-corrected chi connectivity index (χ1v) is 5.39. The van der Waals surface area contributed by atoms with Gasteiger partial charge in [-0.1, -0.05) is 0 Å². The molecule has 1 atom stereocenters. The Kier molecular flexibility index (Phi) is 4.35. The third kappa shape index (κ3) is 4.40. The molecule has 0 amide bonds. The second kappa shape index (κ2) is 5.10. The molecule has 0 aliphatic carbocycles. The maximum absolute atomic E-state index is 9.86. The smallest absolute Gasteiger partial charge is 0.0803 e. The highest BCUT2D eigenvalue weighted by atomic mass is 16.5. The Morgan fingerprint density at radius 1 is 1.36 bits per heavy atom. The van der Waals surface area contributed by atoms with Crippen LogP contribution in [0.1, 0.15) is 33.6 Å². The van der Waals surface area contributed by atoms with Crippen LogP contribution in [0.15, 0.2) is 0 Å². The molecule has 1 fully saturated rings. The first-order valence-electron chi connectivity index (χ1n) is 5.39. The molecule has 0 spiro atoms. The number of hydrogen-bond acceptors (Lipinski definition) is 3. The van der Waals surface area contributed by atoms with Gasteiger partial charge in [-0.25, -0.2) is 0 Å². The molecule has 0 bridgehead atoms. The summed E-state index contributed by atoms with van der Waals surface area (Å²) in [5, 5.41) is 9.86. The van der Waals surface area contributed by atoms with Gasteiger partial charge in [0.2, 0.25) is 0 Å². The molecule has 1 heterocycles. The van der Waals surface area contributed by atoms with Crippen molar-refractivity contribution in [1.29, 1.82) is 0 Å². The zero-order valence-electron chi connectivity index (χ0n) is 9.45. The molecule has 1 aliphatic heterocycles. The molecule has 0 aromatic carbocycles. The molecule has 0 saturated carbocycles. The second-order valence-electron chi connectivity index (χ2n) is 4.94. The van der Waals surface area contributed by atoms with Gasteiger partial charge < -0.3 is 14.6 Å². The lowest BCUT2D eigenvalue weighted by Gasteiger charge is -2.29. The fourth-order valence-corrected chi connectivity index (χ4v) is 1.57. The lowest BCUT2D eigenvalue weighted by atomic mass is 9.94. The molecular formula is C11H22O3. The third-order valence-corrected chi connectivity index (χ3v) is 2.50. The minimum Gasteiger partial charge on any atom is -0.390 e. The fourth-order valence-electron chi connectivity index (χ4n) is 1.57. The highest BCUT2D eigenvalue weighted by Crippen LogP contribution is 2.20. The Balaban J connectivity index is 2.23. The highest BCUT2D eigenvalue weighted by molar-refractivity contribution is 4.72. The quantitative estimate of drug-likeness (QED) is 0.755. The molecule has 1 rings (SSSR count). The normalized spacial score (nSPS) is 22.3. The van der Waals surface area contributed by atoms with Crippen LogP contribution < -0.4 is 0 Å². The fraction of sp³-hybridized carbons (Fsp3) is 1.00. The first kappa shape index (κ1) is 12.0. The summed E-state index contributed by atoms with van der Waals surface area (Å²) in [6.07, 6.45) is 1.57. The summed E-state index contributed by atoms with van der Waals surface area (Å²) in [6.45, 7) is 8.00. The van der Waals surface area contributed by atoms with Gasteiger partial charge in [-0.15, -0.1) is 0 Å². The Hall–Kier alpha value is -0.120. The van der Waals surface area contributed by atoms with Crippen LogP contribution in [0.4, 0.5) is 0 Å².